The lowest BCUT2D eigenvalue weighted by Gasteiger charge is -2.29. The molecule has 7 heteroatoms. The van der Waals surface area contributed by atoms with E-state index in [2.05, 4.69) is 11.8 Å². The van der Waals surface area contributed by atoms with Crippen LogP contribution in [0.2, 0.25) is 5.02 Å². The maximum atomic E-state index is 12.6. The standard InChI is InChI=1S/C14H16ClNO3S2/c1-11-10-16(6-8-20-11)21(18,19)14-5-4-12(3-2-7-17)9-13(14)15/h4-5,9,11,17H,6-8,10H2,1H3. The van der Waals surface area contributed by atoms with Gasteiger partial charge in [-0.25, -0.2) is 8.42 Å². The summed E-state index contributed by atoms with van der Waals surface area (Å²) in [5.41, 5.74) is 0.579. The van der Waals surface area contributed by atoms with Gasteiger partial charge >= 0.3 is 0 Å². The minimum atomic E-state index is -3.57. The van der Waals surface area contributed by atoms with Crippen LogP contribution in [-0.2, 0) is 10.0 Å². The molecule has 1 unspecified atom stereocenters. The van der Waals surface area contributed by atoms with E-state index in [0.717, 1.165) is 5.75 Å². The van der Waals surface area contributed by atoms with Gasteiger partial charge in [0.25, 0.3) is 0 Å². The van der Waals surface area contributed by atoms with E-state index in [1.807, 2.05) is 6.92 Å². The van der Waals surface area contributed by atoms with Crippen molar-refractivity contribution < 1.29 is 13.5 Å². The molecule has 21 heavy (non-hydrogen) atoms. The Morgan fingerprint density at radius 1 is 1.52 bits per heavy atom. The van der Waals surface area contributed by atoms with Gasteiger partial charge in [0.15, 0.2) is 0 Å². The molecule has 1 fully saturated rings. The molecule has 0 aromatic heterocycles. The van der Waals surface area contributed by atoms with Gasteiger partial charge in [-0.1, -0.05) is 30.4 Å². The smallest absolute Gasteiger partial charge is 0.244 e. The topological polar surface area (TPSA) is 57.6 Å². The molecule has 1 saturated heterocycles. The van der Waals surface area contributed by atoms with Crippen LogP contribution < -0.4 is 0 Å². The number of sulfonamides is 1. The Kier molecular flexibility index (Phi) is 5.58. The second-order valence-corrected chi connectivity index (χ2v) is 8.51. The van der Waals surface area contributed by atoms with E-state index < -0.39 is 10.0 Å². The average Bonchev–Trinajstić information content (AvgIpc) is 2.45. The number of rotatable bonds is 2. The third kappa shape index (κ3) is 3.93. The van der Waals surface area contributed by atoms with Crippen LogP contribution in [0.1, 0.15) is 12.5 Å². The third-order valence-corrected chi connectivity index (χ3v) is 6.55. The lowest BCUT2D eigenvalue weighted by Crippen LogP contribution is -2.41. The summed E-state index contributed by atoms with van der Waals surface area (Å²) < 4.78 is 26.8. The zero-order valence-electron chi connectivity index (χ0n) is 11.5. The van der Waals surface area contributed by atoms with Gasteiger partial charge in [0.1, 0.15) is 11.5 Å². The second-order valence-electron chi connectivity index (χ2n) is 4.65. The molecule has 0 saturated carbocycles. The summed E-state index contributed by atoms with van der Waals surface area (Å²) in [4.78, 5) is 0.109. The highest BCUT2D eigenvalue weighted by atomic mass is 35.5. The molecule has 2 rings (SSSR count). The summed E-state index contributed by atoms with van der Waals surface area (Å²) in [7, 11) is -3.57. The molecule has 1 aromatic rings. The number of thioether (sulfide) groups is 1. The third-order valence-electron chi connectivity index (χ3n) is 3.07. The second kappa shape index (κ2) is 7.03. The quantitative estimate of drug-likeness (QED) is 0.830. The van der Waals surface area contributed by atoms with E-state index >= 15 is 0 Å². The molecule has 0 aliphatic carbocycles. The van der Waals surface area contributed by atoms with Crippen molar-refractivity contribution in [3.8, 4) is 11.8 Å². The van der Waals surface area contributed by atoms with Gasteiger partial charge in [-0.05, 0) is 18.2 Å². The first-order valence-electron chi connectivity index (χ1n) is 6.46. The van der Waals surface area contributed by atoms with Crippen LogP contribution in [0.3, 0.4) is 0 Å². The largest absolute Gasteiger partial charge is 0.384 e. The van der Waals surface area contributed by atoms with Crippen LogP contribution in [0.25, 0.3) is 0 Å². The monoisotopic (exact) mass is 345 g/mol. The molecule has 0 radical (unpaired) electrons. The Labute approximate surface area is 134 Å². The van der Waals surface area contributed by atoms with Crippen molar-refractivity contribution in [3.05, 3.63) is 28.8 Å². The van der Waals surface area contributed by atoms with E-state index in [9.17, 15) is 8.42 Å². The molecule has 0 spiro atoms. The highest BCUT2D eigenvalue weighted by molar-refractivity contribution is 8.00. The Balaban J connectivity index is 2.32. The Bertz CT molecular complexity index is 679. The molecule has 1 atom stereocenters. The molecule has 1 N–H and O–H groups in total. The van der Waals surface area contributed by atoms with Crippen LogP contribution in [0, 0.1) is 11.8 Å². The minimum absolute atomic E-state index is 0.109. The number of benzene rings is 1. The van der Waals surface area contributed by atoms with E-state index in [4.69, 9.17) is 16.7 Å². The van der Waals surface area contributed by atoms with Crippen LogP contribution >= 0.6 is 23.4 Å². The van der Waals surface area contributed by atoms with Crippen molar-refractivity contribution in [2.24, 2.45) is 0 Å². The molecule has 0 bridgehead atoms. The maximum Gasteiger partial charge on any atom is 0.244 e. The number of hydrogen-bond donors (Lipinski definition) is 1. The number of nitrogens with zero attached hydrogens (tertiary/aromatic N) is 1. The molecule has 1 heterocycles. The van der Waals surface area contributed by atoms with Crippen molar-refractivity contribution in [1.29, 1.82) is 0 Å². The maximum absolute atomic E-state index is 12.6. The number of hydrogen-bond acceptors (Lipinski definition) is 4. The lowest BCUT2D eigenvalue weighted by molar-refractivity contribution is 0.350. The van der Waals surface area contributed by atoms with Gasteiger partial charge in [-0.2, -0.15) is 16.1 Å². The van der Waals surface area contributed by atoms with Crippen LogP contribution in [0.4, 0.5) is 0 Å². The van der Waals surface area contributed by atoms with Crippen molar-refractivity contribution in [2.75, 3.05) is 25.4 Å². The molecular formula is C14H16ClNO3S2. The van der Waals surface area contributed by atoms with Gasteiger partial charge in [0.05, 0.1) is 5.02 Å². The number of aliphatic hydroxyl groups excluding tert-OH is 1. The predicted molar refractivity (Wildman–Crippen MR) is 86.1 cm³/mol. The summed E-state index contributed by atoms with van der Waals surface area (Å²) in [5.74, 6) is 6.00. The molecule has 1 aliphatic heterocycles. The number of aliphatic hydroxyl groups is 1. The van der Waals surface area contributed by atoms with Gasteiger partial charge in [0, 0.05) is 29.7 Å². The van der Waals surface area contributed by atoms with Gasteiger partial charge in [0.2, 0.25) is 10.0 Å². The van der Waals surface area contributed by atoms with Crippen molar-refractivity contribution in [3.63, 3.8) is 0 Å². The fourth-order valence-electron chi connectivity index (χ4n) is 2.07. The molecule has 4 nitrogen and oxygen atoms in total. The summed E-state index contributed by atoms with van der Waals surface area (Å²) in [6, 6.07) is 4.59. The fourth-order valence-corrected chi connectivity index (χ4v) is 5.34. The average molecular weight is 346 g/mol. The highest BCUT2D eigenvalue weighted by Crippen LogP contribution is 2.29. The summed E-state index contributed by atoms with van der Waals surface area (Å²) >= 11 is 7.87. The van der Waals surface area contributed by atoms with Crippen LogP contribution in [-0.4, -0.2) is 48.5 Å². The van der Waals surface area contributed by atoms with Crippen molar-refractivity contribution in [2.45, 2.75) is 17.1 Å². The summed E-state index contributed by atoms with van der Waals surface area (Å²) in [6.07, 6.45) is 0. The zero-order valence-corrected chi connectivity index (χ0v) is 13.9. The first-order valence-corrected chi connectivity index (χ1v) is 9.33. The van der Waals surface area contributed by atoms with Crippen LogP contribution in [0.5, 0.6) is 0 Å². The Morgan fingerprint density at radius 3 is 2.90 bits per heavy atom. The first-order chi connectivity index (χ1) is 9.95. The van der Waals surface area contributed by atoms with Gasteiger partial charge in [-0.3, -0.25) is 0 Å². The molecule has 1 aliphatic rings. The lowest BCUT2D eigenvalue weighted by atomic mass is 10.2. The molecule has 1 aromatic carbocycles. The van der Waals surface area contributed by atoms with Crippen molar-refractivity contribution >= 4 is 33.4 Å². The van der Waals surface area contributed by atoms with E-state index in [1.165, 1.54) is 16.4 Å². The molecular weight excluding hydrogens is 330 g/mol. The zero-order chi connectivity index (χ0) is 15.5. The Morgan fingerprint density at radius 2 is 2.29 bits per heavy atom. The van der Waals surface area contributed by atoms with Crippen LogP contribution in [0.15, 0.2) is 23.1 Å². The van der Waals surface area contributed by atoms with Crippen molar-refractivity contribution in [1.82, 2.24) is 4.31 Å². The Hall–Kier alpha value is -0.710. The van der Waals surface area contributed by atoms with E-state index in [1.54, 1.807) is 17.8 Å². The molecule has 114 valence electrons. The fraction of sp³-hybridized carbons (Fsp3) is 0.429. The van der Waals surface area contributed by atoms with Gasteiger partial charge < -0.3 is 5.11 Å². The SMILES string of the molecule is CC1CN(S(=O)(=O)c2ccc(C#CCO)cc2Cl)CCS1. The number of halogens is 1. The van der Waals surface area contributed by atoms with E-state index in [0.29, 0.717) is 18.7 Å². The molecule has 0 amide bonds. The minimum Gasteiger partial charge on any atom is -0.384 e. The van der Waals surface area contributed by atoms with E-state index in [-0.39, 0.29) is 21.8 Å². The summed E-state index contributed by atoms with van der Waals surface area (Å²) in [6.45, 7) is 2.76. The normalized spacial score (nSPS) is 19.9. The van der Waals surface area contributed by atoms with Gasteiger partial charge in [-0.15, -0.1) is 0 Å². The predicted octanol–water partition coefficient (Wildman–Crippen LogP) is 1.81. The summed E-state index contributed by atoms with van der Waals surface area (Å²) in [5, 5.41) is 9.10. The highest BCUT2D eigenvalue weighted by Gasteiger charge is 2.30. The first kappa shape index (κ1) is 16.7.